The van der Waals surface area contributed by atoms with Crippen molar-refractivity contribution >= 4 is 23.4 Å². The highest BCUT2D eigenvalue weighted by molar-refractivity contribution is 7.99. The minimum Gasteiger partial charge on any atom is -0.457 e. The summed E-state index contributed by atoms with van der Waals surface area (Å²) in [4.78, 5) is 26.0. The number of hydrogen-bond acceptors (Lipinski definition) is 6. The fourth-order valence-electron chi connectivity index (χ4n) is 2.01. The molecule has 8 heteroatoms. The van der Waals surface area contributed by atoms with Crippen LogP contribution in [0.2, 0.25) is 0 Å². The Balaban J connectivity index is 1.52. The number of aromatic amines is 1. The van der Waals surface area contributed by atoms with E-state index in [-0.39, 0.29) is 22.9 Å². The normalized spacial score (nSPS) is 10.3. The molecule has 3 aromatic rings. The predicted molar refractivity (Wildman–Crippen MR) is 99.7 cm³/mol. The summed E-state index contributed by atoms with van der Waals surface area (Å²) in [5, 5.41) is 10.6. The third kappa shape index (κ3) is 4.93. The first-order valence-corrected chi connectivity index (χ1v) is 8.78. The molecule has 0 aliphatic heterocycles. The molecule has 2 aromatic carbocycles. The Morgan fingerprint density at radius 1 is 1.08 bits per heavy atom. The van der Waals surface area contributed by atoms with Gasteiger partial charge in [-0.1, -0.05) is 30.0 Å². The van der Waals surface area contributed by atoms with Gasteiger partial charge in [-0.2, -0.15) is 0 Å². The standard InChI is InChI=1S/C18H16N4O3S/c1-12-17(24)20-18(22-21-12)26-11-16(23)19-13-7-9-15(10-8-13)25-14-5-3-2-4-6-14/h2-10H,11H2,1H3,(H,19,23)(H,20,22,24). The molecule has 1 heterocycles. The molecule has 26 heavy (non-hydrogen) atoms. The minimum atomic E-state index is -0.308. The van der Waals surface area contributed by atoms with Crippen molar-refractivity contribution in [3.63, 3.8) is 0 Å². The van der Waals surface area contributed by atoms with E-state index >= 15 is 0 Å². The van der Waals surface area contributed by atoms with Gasteiger partial charge in [0, 0.05) is 5.69 Å². The number of thioether (sulfide) groups is 1. The van der Waals surface area contributed by atoms with Crippen molar-refractivity contribution in [1.82, 2.24) is 15.2 Å². The number of para-hydroxylation sites is 1. The highest BCUT2D eigenvalue weighted by Crippen LogP contribution is 2.22. The van der Waals surface area contributed by atoms with Gasteiger partial charge in [0.1, 0.15) is 17.2 Å². The van der Waals surface area contributed by atoms with Crippen LogP contribution in [0.4, 0.5) is 5.69 Å². The van der Waals surface area contributed by atoms with E-state index in [1.807, 2.05) is 30.3 Å². The Morgan fingerprint density at radius 2 is 1.77 bits per heavy atom. The zero-order valence-electron chi connectivity index (χ0n) is 13.9. The van der Waals surface area contributed by atoms with Crippen LogP contribution in [0.5, 0.6) is 11.5 Å². The average Bonchev–Trinajstić information content (AvgIpc) is 2.65. The number of benzene rings is 2. The topological polar surface area (TPSA) is 97.0 Å². The zero-order valence-corrected chi connectivity index (χ0v) is 14.7. The minimum absolute atomic E-state index is 0.107. The van der Waals surface area contributed by atoms with E-state index < -0.39 is 0 Å². The number of ether oxygens (including phenoxy) is 1. The van der Waals surface area contributed by atoms with Crippen molar-refractivity contribution in [3.8, 4) is 11.5 Å². The van der Waals surface area contributed by atoms with Crippen LogP contribution in [0, 0.1) is 6.92 Å². The van der Waals surface area contributed by atoms with Gasteiger partial charge in [0.25, 0.3) is 5.56 Å². The lowest BCUT2D eigenvalue weighted by molar-refractivity contribution is -0.113. The summed E-state index contributed by atoms with van der Waals surface area (Å²) in [5.41, 5.74) is 0.632. The lowest BCUT2D eigenvalue weighted by Crippen LogP contribution is -2.17. The highest BCUT2D eigenvalue weighted by atomic mass is 32.2. The fraction of sp³-hybridized carbons (Fsp3) is 0.111. The lowest BCUT2D eigenvalue weighted by Gasteiger charge is -2.08. The maximum atomic E-state index is 12.0. The van der Waals surface area contributed by atoms with Crippen LogP contribution < -0.4 is 15.6 Å². The van der Waals surface area contributed by atoms with Crippen molar-refractivity contribution in [1.29, 1.82) is 0 Å². The molecule has 1 amide bonds. The van der Waals surface area contributed by atoms with Gasteiger partial charge >= 0.3 is 0 Å². The summed E-state index contributed by atoms with van der Waals surface area (Å²) in [7, 11) is 0. The van der Waals surface area contributed by atoms with E-state index in [2.05, 4.69) is 20.5 Å². The molecule has 0 atom stereocenters. The van der Waals surface area contributed by atoms with E-state index in [9.17, 15) is 9.59 Å². The van der Waals surface area contributed by atoms with E-state index in [0.29, 0.717) is 16.6 Å². The van der Waals surface area contributed by atoms with E-state index in [1.54, 1.807) is 31.2 Å². The van der Waals surface area contributed by atoms with Crippen LogP contribution in [0.15, 0.2) is 64.5 Å². The van der Waals surface area contributed by atoms with Crippen LogP contribution in [-0.2, 0) is 4.79 Å². The number of rotatable bonds is 6. The Bertz CT molecular complexity index is 943. The van der Waals surface area contributed by atoms with Crippen LogP contribution >= 0.6 is 11.8 Å². The second-order valence-electron chi connectivity index (χ2n) is 5.32. The number of nitrogens with zero attached hydrogens (tertiary/aromatic N) is 2. The summed E-state index contributed by atoms with van der Waals surface area (Å²) in [6.45, 7) is 1.57. The van der Waals surface area contributed by atoms with Crippen LogP contribution in [0.3, 0.4) is 0 Å². The lowest BCUT2D eigenvalue weighted by atomic mass is 10.3. The first kappa shape index (κ1) is 17.7. The molecular weight excluding hydrogens is 352 g/mol. The van der Waals surface area contributed by atoms with Gasteiger partial charge in [0.2, 0.25) is 5.91 Å². The first-order chi connectivity index (χ1) is 12.6. The molecule has 0 fully saturated rings. The number of amides is 1. The Labute approximate surface area is 153 Å². The molecule has 0 bridgehead atoms. The van der Waals surface area contributed by atoms with E-state index in [0.717, 1.165) is 17.5 Å². The van der Waals surface area contributed by atoms with Crippen molar-refractivity contribution in [2.75, 3.05) is 11.1 Å². The van der Waals surface area contributed by atoms with Gasteiger partial charge in [-0.3, -0.25) is 14.6 Å². The molecule has 0 aliphatic rings. The molecule has 3 rings (SSSR count). The van der Waals surface area contributed by atoms with Crippen molar-refractivity contribution < 1.29 is 9.53 Å². The number of aromatic nitrogens is 3. The van der Waals surface area contributed by atoms with Crippen LogP contribution in [0.25, 0.3) is 0 Å². The number of nitrogens with one attached hydrogen (secondary N) is 2. The largest absolute Gasteiger partial charge is 0.457 e. The van der Waals surface area contributed by atoms with E-state index in [1.165, 1.54) is 0 Å². The van der Waals surface area contributed by atoms with Crippen LogP contribution in [0.1, 0.15) is 5.69 Å². The third-order valence-electron chi connectivity index (χ3n) is 3.30. The van der Waals surface area contributed by atoms with Crippen molar-refractivity contribution in [3.05, 3.63) is 70.6 Å². The Morgan fingerprint density at radius 3 is 2.46 bits per heavy atom. The second kappa shape index (κ2) is 8.30. The Hall–Kier alpha value is -3.13. The number of hydrogen-bond donors (Lipinski definition) is 2. The molecule has 0 saturated carbocycles. The van der Waals surface area contributed by atoms with Gasteiger partial charge in [-0.25, -0.2) is 0 Å². The summed E-state index contributed by atoms with van der Waals surface area (Å²) < 4.78 is 5.70. The number of anilines is 1. The highest BCUT2D eigenvalue weighted by Gasteiger charge is 2.07. The molecule has 7 nitrogen and oxygen atoms in total. The third-order valence-corrected chi connectivity index (χ3v) is 4.16. The molecule has 0 radical (unpaired) electrons. The molecule has 0 spiro atoms. The summed E-state index contributed by atoms with van der Waals surface area (Å²) in [5.74, 6) is 1.32. The molecule has 132 valence electrons. The monoisotopic (exact) mass is 368 g/mol. The SMILES string of the molecule is Cc1nnc(SCC(=O)Nc2ccc(Oc3ccccc3)cc2)[nH]c1=O. The molecular formula is C18H16N4O3S. The van der Waals surface area contributed by atoms with Crippen molar-refractivity contribution in [2.45, 2.75) is 12.1 Å². The maximum Gasteiger partial charge on any atom is 0.273 e. The van der Waals surface area contributed by atoms with Crippen molar-refractivity contribution in [2.24, 2.45) is 0 Å². The van der Waals surface area contributed by atoms with Gasteiger partial charge < -0.3 is 10.1 Å². The number of carbonyl (C=O) groups is 1. The number of carbonyl (C=O) groups excluding carboxylic acids is 1. The smallest absolute Gasteiger partial charge is 0.273 e. The van der Waals surface area contributed by atoms with Crippen LogP contribution in [-0.4, -0.2) is 26.8 Å². The Kier molecular flexibility index (Phi) is 5.65. The molecule has 0 saturated heterocycles. The average molecular weight is 368 g/mol. The maximum absolute atomic E-state index is 12.0. The molecule has 1 aromatic heterocycles. The fourth-order valence-corrected chi connectivity index (χ4v) is 2.61. The summed E-state index contributed by atoms with van der Waals surface area (Å²) in [6.07, 6.45) is 0. The predicted octanol–water partition coefficient (Wildman–Crippen LogP) is 3.00. The van der Waals surface area contributed by atoms with Gasteiger partial charge in [-0.15, -0.1) is 10.2 Å². The number of aryl methyl sites for hydroxylation is 1. The summed E-state index contributed by atoms with van der Waals surface area (Å²) in [6, 6.07) is 16.5. The quantitative estimate of drug-likeness (QED) is 0.649. The molecule has 2 N–H and O–H groups in total. The summed E-state index contributed by atoms with van der Waals surface area (Å²) >= 11 is 1.11. The second-order valence-corrected chi connectivity index (χ2v) is 6.29. The first-order valence-electron chi connectivity index (χ1n) is 7.79. The van der Waals surface area contributed by atoms with Gasteiger partial charge in [0.15, 0.2) is 5.16 Å². The molecule has 0 aliphatic carbocycles. The van der Waals surface area contributed by atoms with E-state index in [4.69, 9.17) is 4.74 Å². The number of H-pyrrole nitrogens is 1. The zero-order chi connectivity index (χ0) is 18.4. The van der Waals surface area contributed by atoms with Gasteiger partial charge in [-0.05, 0) is 43.3 Å². The van der Waals surface area contributed by atoms with Gasteiger partial charge in [0.05, 0.1) is 5.75 Å². The molecule has 0 unspecified atom stereocenters.